The fourth-order valence-electron chi connectivity index (χ4n) is 3.74. The SMILES string of the molecule is CC(C)(C)OC(=O)OC1=CC2(O[Si](C)(C)C(C)(C)C)C#C/C=C\C#C[C@H](O)C(=C1N(C(=O)OC(C)(C)C)C(=O)OC(C)(C)C)C2=O. The van der Waals surface area contributed by atoms with Crippen LogP contribution in [0.25, 0.3) is 0 Å². The molecule has 0 aromatic rings. The van der Waals surface area contributed by atoms with Crippen LogP contribution in [0.5, 0.6) is 0 Å². The Morgan fingerprint density at radius 3 is 1.76 bits per heavy atom. The number of imide groups is 1. The van der Waals surface area contributed by atoms with E-state index in [1.165, 1.54) is 12.2 Å². The van der Waals surface area contributed by atoms with Crippen LogP contribution in [-0.4, -0.2) is 71.0 Å². The van der Waals surface area contributed by atoms with Crippen molar-refractivity contribution in [2.75, 3.05) is 0 Å². The minimum atomic E-state index is -2.88. The van der Waals surface area contributed by atoms with E-state index < -0.39 is 83.0 Å². The van der Waals surface area contributed by atoms with Crippen LogP contribution < -0.4 is 0 Å². The first kappa shape index (κ1) is 38.3. The molecule has 2 amide bonds. The van der Waals surface area contributed by atoms with Gasteiger partial charge in [-0.15, -0.1) is 0 Å². The Bertz CT molecular complexity index is 1460. The van der Waals surface area contributed by atoms with E-state index in [1.807, 2.05) is 33.9 Å². The lowest BCUT2D eigenvalue weighted by Gasteiger charge is -2.44. The summed E-state index contributed by atoms with van der Waals surface area (Å²) in [6.07, 6.45) is -1.86. The van der Waals surface area contributed by atoms with Gasteiger partial charge in [0.2, 0.25) is 11.4 Å². The van der Waals surface area contributed by atoms with Crippen LogP contribution in [0.4, 0.5) is 14.4 Å². The largest absolute Gasteiger partial charge is 0.514 e. The van der Waals surface area contributed by atoms with Crippen LogP contribution in [0.15, 0.2) is 35.3 Å². The molecule has 2 aliphatic rings. The maximum atomic E-state index is 14.7. The molecule has 0 spiro atoms. The maximum absolute atomic E-state index is 14.7. The normalized spacial score (nSPS) is 21.0. The van der Waals surface area contributed by atoms with Crippen molar-refractivity contribution in [1.29, 1.82) is 0 Å². The zero-order chi connectivity index (χ0) is 35.7. The van der Waals surface area contributed by atoms with E-state index in [1.54, 1.807) is 62.3 Å². The highest BCUT2D eigenvalue weighted by Crippen LogP contribution is 2.44. The number of nitrogens with zero attached hydrogens (tertiary/aromatic N) is 1. The van der Waals surface area contributed by atoms with Gasteiger partial charge in [-0.25, -0.2) is 14.4 Å². The number of aliphatic hydroxyl groups is 1. The Balaban J connectivity index is 3.13. The molecule has 11 nitrogen and oxygen atoms in total. The van der Waals surface area contributed by atoms with Gasteiger partial charge in [0.15, 0.2) is 14.1 Å². The number of Topliss-reactive ketones (excluding diaryl/α,β-unsaturated/α-hetero) is 1. The van der Waals surface area contributed by atoms with Gasteiger partial charge in [0, 0.05) is 6.08 Å². The molecule has 46 heavy (non-hydrogen) atoms. The lowest BCUT2D eigenvalue weighted by atomic mass is 9.83. The molecule has 1 N–H and O–H groups in total. The van der Waals surface area contributed by atoms with Crippen LogP contribution in [0, 0.1) is 23.7 Å². The van der Waals surface area contributed by atoms with Crippen LogP contribution in [0.3, 0.4) is 0 Å². The summed E-state index contributed by atoms with van der Waals surface area (Å²) in [6.45, 7) is 23.9. The summed E-state index contributed by atoms with van der Waals surface area (Å²) < 4.78 is 28.8. The molecule has 2 atom stereocenters. The van der Waals surface area contributed by atoms with Crippen LogP contribution in [0.1, 0.15) is 83.1 Å². The second-order valence-corrected chi connectivity index (χ2v) is 20.1. The predicted molar refractivity (Wildman–Crippen MR) is 173 cm³/mol. The number of hydrogen-bond acceptors (Lipinski definition) is 10. The molecule has 1 unspecified atom stereocenters. The number of amides is 2. The molecule has 0 fully saturated rings. The Hall–Kier alpha value is -3.84. The summed E-state index contributed by atoms with van der Waals surface area (Å²) in [4.78, 5) is 55.9. The van der Waals surface area contributed by atoms with Gasteiger partial charge in [0.25, 0.3) is 0 Å². The van der Waals surface area contributed by atoms with Crippen LogP contribution in [-0.2, 0) is 28.2 Å². The molecule has 2 aliphatic carbocycles. The number of aliphatic hydroxyl groups excluding tert-OH is 1. The number of ether oxygens (including phenoxy) is 4. The van der Waals surface area contributed by atoms with Crippen molar-refractivity contribution >= 4 is 32.4 Å². The van der Waals surface area contributed by atoms with E-state index in [9.17, 15) is 24.3 Å². The molecular formula is C34H47NO10Si. The number of carbonyl (C=O) groups excluding carboxylic acids is 4. The summed E-state index contributed by atoms with van der Waals surface area (Å²) in [5.74, 6) is 9.23. The highest BCUT2D eigenvalue weighted by atomic mass is 28.4. The number of allylic oxidation sites excluding steroid dienone is 2. The van der Waals surface area contributed by atoms with Crippen molar-refractivity contribution in [3.8, 4) is 23.7 Å². The van der Waals surface area contributed by atoms with Gasteiger partial charge in [-0.2, -0.15) is 4.90 Å². The zero-order valence-electron chi connectivity index (χ0n) is 29.4. The van der Waals surface area contributed by atoms with Gasteiger partial charge in [0.05, 0.1) is 5.57 Å². The van der Waals surface area contributed by atoms with Crippen molar-refractivity contribution in [2.45, 2.75) is 130 Å². The predicted octanol–water partition coefficient (Wildman–Crippen LogP) is 6.53. The molecule has 12 heteroatoms. The monoisotopic (exact) mass is 657 g/mol. The first-order chi connectivity index (χ1) is 20.6. The molecule has 2 rings (SSSR count). The molecule has 0 aliphatic heterocycles. The number of ketones is 1. The number of fused-ring (bicyclic) bond motifs is 2. The van der Waals surface area contributed by atoms with Crippen LogP contribution >= 0.6 is 0 Å². The molecular weight excluding hydrogens is 610 g/mol. The Morgan fingerprint density at radius 1 is 0.826 bits per heavy atom. The van der Waals surface area contributed by atoms with Crippen LogP contribution in [0.2, 0.25) is 18.1 Å². The lowest BCUT2D eigenvalue weighted by molar-refractivity contribution is -0.125. The summed E-state index contributed by atoms with van der Waals surface area (Å²) in [5.41, 5.74) is -6.66. The van der Waals surface area contributed by atoms with Crippen molar-refractivity contribution in [3.05, 3.63) is 35.3 Å². The average molecular weight is 658 g/mol. The van der Waals surface area contributed by atoms with Gasteiger partial charge in [0.1, 0.15) is 28.6 Å². The van der Waals surface area contributed by atoms with E-state index >= 15 is 0 Å². The fraction of sp³-hybridized carbons (Fsp3) is 0.588. The smallest absolute Gasteiger partial charge is 0.443 e. The number of carbonyl (C=O) groups is 4. The van der Waals surface area contributed by atoms with Crippen molar-refractivity contribution < 1.29 is 47.7 Å². The minimum absolute atomic E-state index is 0.399. The first-order valence-electron chi connectivity index (χ1n) is 14.9. The molecule has 0 saturated carbocycles. The van der Waals surface area contributed by atoms with E-state index in [-0.39, 0.29) is 0 Å². The lowest BCUT2D eigenvalue weighted by Crippen LogP contribution is -2.56. The first-order valence-corrected chi connectivity index (χ1v) is 17.8. The van der Waals surface area contributed by atoms with E-state index in [0.717, 1.165) is 6.08 Å². The van der Waals surface area contributed by atoms with Crippen molar-refractivity contribution in [2.24, 2.45) is 0 Å². The van der Waals surface area contributed by atoms with Gasteiger partial charge in [-0.3, -0.25) is 4.79 Å². The summed E-state index contributed by atoms with van der Waals surface area (Å²) in [6, 6.07) is 0. The number of rotatable bonds is 4. The van der Waals surface area contributed by atoms with Gasteiger partial charge in [-0.1, -0.05) is 44.5 Å². The van der Waals surface area contributed by atoms with Gasteiger partial charge >= 0.3 is 18.3 Å². The zero-order valence-corrected chi connectivity index (χ0v) is 30.4. The highest BCUT2D eigenvalue weighted by molar-refractivity contribution is 6.74. The second kappa shape index (κ2) is 13.1. The molecule has 0 heterocycles. The standard InChI is InChI=1S/C34H47NO10Si/c1-30(2,3)42-27(38)35(28(39)43-31(4,5)6)25-23(41-29(40)44-32(7,8)9)21-34(45-46(13,14)33(10,11)12)20-18-16-15-17-19-22(36)24(25)26(34)37/h15-16,21-22,36H,1-14H3/b16-15-/t22-,34?/m0/s1. The second-order valence-electron chi connectivity index (χ2n) is 15.4. The average Bonchev–Trinajstić information content (AvgIpc) is 2.79. The van der Waals surface area contributed by atoms with Crippen molar-refractivity contribution in [1.82, 2.24) is 4.90 Å². The molecule has 2 bridgehead atoms. The van der Waals surface area contributed by atoms with E-state index in [4.69, 9.17) is 23.4 Å². The highest BCUT2D eigenvalue weighted by Gasteiger charge is 2.54. The Kier molecular flexibility index (Phi) is 10.9. The third-order valence-corrected chi connectivity index (χ3v) is 11.0. The fourth-order valence-corrected chi connectivity index (χ4v) is 5.05. The molecule has 0 radical (unpaired) electrons. The quantitative estimate of drug-likeness (QED) is 0.154. The summed E-state index contributed by atoms with van der Waals surface area (Å²) in [5, 5.41) is 11.0. The van der Waals surface area contributed by atoms with E-state index in [0.29, 0.717) is 4.90 Å². The third-order valence-electron chi connectivity index (χ3n) is 6.59. The minimum Gasteiger partial charge on any atom is -0.443 e. The molecule has 0 aromatic carbocycles. The van der Waals surface area contributed by atoms with Gasteiger partial charge < -0.3 is 28.5 Å². The molecule has 0 saturated heterocycles. The maximum Gasteiger partial charge on any atom is 0.514 e. The van der Waals surface area contributed by atoms with E-state index in [2.05, 4.69) is 23.7 Å². The topological polar surface area (TPSA) is 138 Å². The summed E-state index contributed by atoms with van der Waals surface area (Å²) >= 11 is 0. The molecule has 252 valence electrons. The Labute approximate surface area is 273 Å². The van der Waals surface area contributed by atoms with Crippen molar-refractivity contribution in [3.63, 3.8) is 0 Å². The number of hydrogen-bond donors (Lipinski definition) is 1. The third kappa shape index (κ3) is 9.83. The Morgan fingerprint density at radius 2 is 1.30 bits per heavy atom. The van der Waals surface area contributed by atoms with Gasteiger partial charge in [-0.05, 0) is 92.6 Å². The summed E-state index contributed by atoms with van der Waals surface area (Å²) in [7, 11) is -2.88. The molecule has 0 aromatic heterocycles.